The number of hydrogen-bond acceptors (Lipinski definition) is 1. The highest BCUT2D eigenvalue weighted by atomic mass is 28.3. The molecule has 0 radical (unpaired) electrons. The minimum Gasteiger partial charge on any atom is -0.363 e. The molecule has 1 atom stereocenters. The molecule has 0 saturated carbocycles. The van der Waals surface area contributed by atoms with Gasteiger partial charge in [-0.15, -0.1) is 6.58 Å². The first kappa shape index (κ1) is 11.5. The van der Waals surface area contributed by atoms with Gasteiger partial charge in [-0.2, -0.15) is 0 Å². The van der Waals surface area contributed by atoms with Gasteiger partial charge >= 0.3 is 0 Å². The first-order chi connectivity index (χ1) is 6.21. The molecule has 0 aromatic rings. The molecule has 0 aromatic carbocycles. The summed E-state index contributed by atoms with van der Waals surface area (Å²) in [5.41, 5.74) is 0. The summed E-state index contributed by atoms with van der Waals surface area (Å²) in [6.07, 6.45) is 2.57. The molecule has 2 nitrogen and oxygen atoms in total. The first-order valence-corrected chi connectivity index (χ1v) is 8.11. The number of carbonyl (C=O) groups is 1. The molecule has 1 aliphatic rings. The fourth-order valence-corrected chi connectivity index (χ4v) is 4.18. The number of rotatable bonds is 2. The summed E-state index contributed by atoms with van der Waals surface area (Å²) in [6, 6.07) is 0.295. The van der Waals surface area contributed by atoms with Gasteiger partial charge in [0.2, 0.25) is 5.91 Å². The summed E-state index contributed by atoms with van der Waals surface area (Å²) in [5.74, 6) is 0.307. The van der Waals surface area contributed by atoms with E-state index in [1.165, 1.54) is 0 Å². The van der Waals surface area contributed by atoms with Crippen molar-refractivity contribution in [3.8, 4) is 0 Å². The lowest BCUT2D eigenvalue weighted by Crippen LogP contribution is -2.67. The van der Waals surface area contributed by atoms with Crippen LogP contribution in [0.2, 0.25) is 18.1 Å². The molecule has 1 rings (SSSR count). The van der Waals surface area contributed by atoms with Crippen LogP contribution in [0.1, 0.15) is 27.2 Å². The average Bonchev–Trinajstić information content (AvgIpc) is 1.96. The molecule has 80 valence electrons. The minimum atomic E-state index is -1.66. The van der Waals surface area contributed by atoms with Crippen LogP contribution < -0.4 is 0 Å². The van der Waals surface area contributed by atoms with Gasteiger partial charge in [-0.1, -0.05) is 39.9 Å². The average molecular weight is 211 g/mol. The maximum absolute atomic E-state index is 11.6. The summed E-state index contributed by atoms with van der Waals surface area (Å²) in [7, 11) is -1.66. The van der Waals surface area contributed by atoms with Gasteiger partial charge in [-0.25, -0.2) is 0 Å². The molecule has 0 N–H and O–H groups in total. The van der Waals surface area contributed by atoms with Crippen LogP contribution in [0.15, 0.2) is 12.7 Å². The lowest BCUT2D eigenvalue weighted by Gasteiger charge is -2.54. The maximum Gasteiger partial charge on any atom is 0.217 e. The van der Waals surface area contributed by atoms with E-state index in [2.05, 4.69) is 45.0 Å². The molecule has 1 amide bonds. The Morgan fingerprint density at radius 1 is 1.50 bits per heavy atom. The van der Waals surface area contributed by atoms with Gasteiger partial charge in [-0.05, 0) is 5.04 Å². The van der Waals surface area contributed by atoms with Crippen molar-refractivity contribution in [3.63, 3.8) is 0 Å². The third-order valence-corrected chi connectivity index (χ3v) is 9.15. The van der Waals surface area contributed by atoms with Crippen LogP contribution in [-0.2, 0) is 4.79 Å². The molecule has 1 fully saturated rings. The summed E-state index contributed by atoms with van der Waals surface area (Å²) in [6.45, 7) is 15.0. The van der Waals surface area contributed by atoms with Crippen molar-refractivity contribution in [2.75, 3.05) is 0 Å². The van der Waals surface area contributed by atoms with E-state index in [1.807, 2.05) is 6.08 Å². The fraction of sp³-hybridized carbons (Fsp3) is 0.727. The Morgan fingerprint density at radius 2 is 2.00 bits per heavy atom. The molecular weight excluding hydrogens is 190 g/mol. The summed E-state index contributed by atoms with van der Waals surface area (Å²) >= 11 is 0. The second kappa shape index (κ2) is 3.23. The highest BCUT2D eigenvalue weighted by Gasteiger charge is 2.50. The van der Waals surface area contributed by atoms with Crippen molar-refractivity contribution >= 4 is 14.1 Å². The first-order valence-electron chi connectivity index (χ1n) is 5.16. The molecular formula is C11H21NOSi. The van der Waals surface area contributed by atoms with E-state index in [9.17, 15) is 4.79 Å². The fourth-order valence-electron chi connectivity index (χ4n) is 1.72. The van der Waals surface area contributed by atoms with Gasteiger partial charge < -0.3 is 4.57 Å². The zero-order valence-electron chi connectivity index (χ0n) is 9.92. The zero-order chi connectivity index (χ0) is 11.1. The number of hydrogen-bond donors (Lipinski definition) is 0. The van der Waals surface area contributed by atoms with Crippen LogP contribution in [0.25, 0.3) is 0 Å². The SMILES string of the molecule is C=C[C@H]1CC(=O)N1[Si](C)(C)C(C)(C)C. The number of nitrogens with zero attached hydrogens (tertiary/aromatic N) is 1. The Bertz CT molecular complexity index is 265. The maximum atomic E-state index is 11.6. The molecule has 0 aliphatic carbocycles. The van der Waals surface area contributed by atoms with Crippen molar-refractivity contribution in [1.82, 2.24) is 4.57 Å². The quantitative estimate of drug-likeness (QED) is 0.391. The van der Waals surface area contributed by atoms with Crippen LogP contribution in [0.4, 0.5) is 0 Å². The zero-order valence-corrected chi connectivity index (χ0v) is 10.9. The van der Waals surface area contributed by atoms with Crippen LogP contribution in [-0.4, -0.2) is 24.7 Å². The van der Waals surface area contributed by atoms with E-state index >= 15 is 0 Å². The van der Waals surface area contributed by atoms with Crippen molar-refractivity contribution in [2.45, 2.75) is 51.4 Å². The largest absolute Gasteiger partial charge is 0.363 e. The van der Waals surface area contributed by atoms with Gasteiger partial charge in [-0.3, -0.25) is 4.79 Å². The van der Waals surface area contributed by atoms with Gasteiger partial charge in [0, 0.05) is 6.42 Å². The summed E-state index contributed by atoms with van der Waals surface area (Å²) in [5, 5.41) is 0.227. The molecule has 0 bridgehead atoms. The lowest BCUT2D eigenvalue weighted by molar-refractivity contribution is -0.137. The van der Waals surface area contributed by atoms with E-state index in [4.69, 9.17) is 0 Å². The molecule has 1 heterocycles. The topological polar surface area (TPSA) is 20.3 Å². The Kier molecular flexibility index (Phi) is 2.65. The number of carbonyl (C=O) groups excluding carboxylic acids is 1. The Balaban J connectivity index is 2.92. The van der Waals surface area contributed by atoms with E-state index in [-0.39, 0.29) is 5.04 Å². The highest BCUT2D eigenvalue weighted by Crippen LogP contribution is 2.42. The van der Waals surface area contributed by atoms with E-state index < -0.39 is 8.24 Å². The van der Waals surface area contributed by atoms with E-state index in [1.54, 1.807) is 0 Å². The predicted molar refractivity (Wildman–Crippen MR) is 62.6 cm³/mol. The van der Waals surface area contributed by atoms with Gasteiger partial charge in [0.25, 0.3) is 0 Å². The summed E-state index contributed by atoms with van der Waals surface area (Å²) in [4.78, 5) is 11.6. The van der Waals surface area contributed by atoms with E-state index in [0.717, 1.165) is 0 Å². The van der Waals surface area contributed by atoms with Gasteiger partial charge in [0.1, 0.15) is 0 Å². The summed E-state index contributed by atoms with van der Waals surface area (Å²) < 4.78 is 2.10. The van der Waals surface area contributed by atoms with Gasteiger partial charge in [0.15, 0.2) is 8.24 Å². The lowest BCUT2D eigenvalue weighted by atomic mass is 10.1. The van der Waals surface area contributed by atoms with Crippen LogP contribution >= 0.6 is 0 Å². The standard InChI is InChI=1S/C11H21NOSi/c1-7-9-8-10(13)12(9)14(5,6)11(2,3)4/h7,9H,1,8H2,2-6H3/t9-/m0/s1. The number of β-lactam (4-membered cyclic amide) rings is 1. The van der Waals surface area contributed by atoms with Crippen molar-refractivity contribution < 1.29 is 4.79 Å². The molecule has 0 spiro atoms. The third kappa shape index (κ3) is 1.54. The molecule has 3 heteroatoms. The Hall–Kier alpha value is -0.573. The van der Waals surface area contributed by atoms with Crippen LogP contribution in [0.3, 0.4) is 0 Å². The van der Waals surface area contributed by atoms with Crippen molar-refractivity contribution in [3.05, 3.63) is 12.7 Å². The van der Waals surface area contributed by atoms with Crippen LogP contribution in [0, 0.1) is 0 Å². The predicted octanol–water partition coefficient (Wildman–Crippen LogP) is 2.78. The monoisotopic (exact) mass is 211 g/mol. The molecule has 1 saturated heterocycles. The van der Waals surface area contributed by atoms with E-state index in [0.29, 0.717) is 18.4 Å². The molecule has 0 unspecified atom stereocenters. The minimum absolute atomic E-state index is 0.227. The Labute approximate surface area is 88.1 Å². The highest BCUT2D eigenvalue weighted by molar-refractivity contribution is 6.80. The normalized spacial score (nSPS) is 23.4. The Morgan fingerprint density at radius 3 is 2.29 bits per heavy atom. The smallest absolute Gasteiger partial charge is 0.217 e. The van der Waals surface area contributed by atoms with Gasteiger partial charge in [0.05, 0.1) is 6.04 Å². The second-order valence-electron chi connectivity index (χ2n) is 5.58. The second-order valence-corrected chi connectivity index (χ2v) is 10.7. The molecule has 1 aliphatic heterocycles. The molecule has 14 heavy (non-hydrogen) atoms. The van der Waals surface area contributed by atoms with Crippen LogP contribution in [0.5, 0.6) is 0 Å². The molecule has 0 aromatic heterocycles. The van der Waals surface area contributed by atoms with Crippen molar-refractivity contribution in [2.24, 2.45) is 0 Å². The number of amides is 1. The third-order valence-electron chi connectivity index (χ3n) is 3.69. The van der Waals surface area contributed by atoms with Crippen molar-refractivity contribution in [1.29, 1.82) is 0 Å².